The van der Waals surface area contributed by atoms with Crippen LogP contribution in [0.15, 0.2) is 18.3 Å². The van der Waals surface area contributed by atoms with Gasteiger partial charge in [-0.25, -0.2) is 4.98 Å². The summed E-state index contributed by atoms with van der Waals surface area (Å²) in [5, 5.41) is 0.630. The van der Waals surface area contributed by atoms with Crippen LogP contribution in [0.25, 0.3) is 0 Å². The Bertz CT molecular complexity index is 520. The number of halogens is 1. The number of fused-ring (bicyclic) bond motifs is 2. The number of rotatable bonds is 1. The highest BCUT2D eigenvalue weighted by Crippen LogP contribution is 2.44. The highest BCUT2D eigenvalue weighted by atomic mass is 35.5. The quantitative estimate of drug-likeness (QED) is 0.845. The fraction of sp³-hybridized carbons (Fsp3) is 0.643. The number of hydrogen-bond acceptors (Lipinski definition) is 5. The van der Waals surface area contributed by atoms with E-state index in [-0.39, 0.29) is 5.60 Å². The molecule has 108 valence electrons. The van der Waals surface area contributed by atoms with Gasteiger partial charge in [-0.2, -0.15) is 0 Å². The van der Waals surface area contributed by atoms with Crippen molar-refractivity contribution in [3.63, 3.8) is 0 Å². The lowest BCUT2D eigenvalue weighted by Crippen LogP contribution is -2.61. The van der Waals surface area contributed by atoms with Gasteiger partial charge < -0.3 is 14.5 Å². The highest BCUT2D eigenvalue weighted by Gasteiger charge is 2.54. The highest BCUT2D eigenvalue weighted by molar-refractivity contribution is 6.32. The summed E-state index contributed by atoms with van der Waals surface area (Å²) >= 11 is 6.25. The van der Waals surface area contributed by atoms with E-state index in [0.29, 0.717) is 10.9 Å². The molecule has 5 nitrogen and oxygen atoms in total. The van der Waals surface area contributed by atoms with Gasteiger partial charge in [0.25, 0.3) is 0 Å². The second-order valence-corrected chi connectivity index (χ2v) is 6.47. The van der Waals surface area contributed by atoms with E-state index in [4.69, 9.17) is 22.1 Å². The molecule has 4 aliphatic rings. The SMILES string of the molecule is NC1OC2(CN3CCC2CC3)CN1c1ncccc1Cl. The van der Waals surface area contributed by atoms with E-state index in [1.807, 2.05) is 17.0 Å². The number of anilines is 1. The second-order valence-electron chi connectivity index (χ2n) is 6.06. The van der Waals surface area contributed by atoms with Crippen LogP contribution in [0.2, 0.25) is 5.02 Å². The summed E-state index contributed by atoms with van der Waals surface area (Å²) in [6.45, 7) is 4.14. The predicted octanol–water partition coefficient (Wildman–Crippen LogP) is 1.28. The number of nitrogens with zero attached hydrogens (tertiary/aromatic N) is 3. The molecule has 4 aliphatic heterocycles. The van der Waals surface area contributed by atoms with Gasteiger partial charge in [0.15, 0.2) is 6.35 Å². The molecule has 0 saturated carbocycles. The van der Waals surface area contributed by atoms with Gasteiger partial charge in [0.05, 0.1) is 11.6 Å². The van der Waals surface area contributed by atoms with Crippen LogP contribution in [0.1, 0.15) is 12.8 Å². The maximum Gasteiger partial charge on any atom is 0.186 e. The fourth-order valence-corrected chi connectivity index (χ4v) is 4.17. The van der Waals surface area contributed by atoms with E-state index < -0.39 is 6.35 Å². The first-order valence-corrected chi connectivity index (χ1v) is 7.59. The number of piperidine rings is 3. The molecule has 4 saturated heterocycles. The summed E-state index contributed by atoms with van der Waals surface area (Å²) in [7, 11) is 0. The summed E-state index contributed by atoms with van der Waals surface area (Å²) in [5.74, 6) is 1.33. The van der Waals surface area contributed by atoms with Crippen molar-refractivity contribution < 1.29 is 4.74 Å². The average molecular weight is 295 g/mol. The van der Waals surface area contributed by atoms with E-state index in [2.05, 4.69) is 9.88 Å². The van der Waals surface area contributed by atoms with Crippen molar-refractivity contribution in [2.24, 2.45) is 11.7 Å². The predicted molar refractivity (Wildman–Crippen MR) is 77.5 cm³/mol. The van der Waals surface area contributed by atoms with Gasteiger partial charge in [-0.3, -0.25) is 5.73 Å². The largest absolute Gasteiger partial charge is 0.335 e. The number of hydrogen-bond donors (Lipinski definition) is 1. The van der Waals surface area contributed by atoms with Crippen molar-refractivity contribution in [3.05, 3.63) is 23.4 Å². The Morgan fingerprint density at radius 3 is 2.80 bits per heavy atom. The van der Waals surface area contributed by atoms with E-state index >= 15 is 0 Å². The van der Waals surface area contributed by atoms with E-state index in [1.54, 1.807) is 6.20 Å². The van der Waals surface area contributed by atoms with Crippen molar-refractivity contribution in [2.75, 3.05) is 31.1 Å². The molecule has 2 unspecified atom stereocenters. The third kappa shape index (κ3) is 1.84. The zero-order valence-corrected chi connectivity index (χ0v) is 12.1. The lowest BCUT2D eigenvalue weighted by Gasteiger charge is -2.50. The van der Waals surface area contributed by atoms with Crippen molar-refractivity contribution in [2.45, 2.75) is 24.8 Å². The maximum atomic E-state index is 6.25. The first-order valence-electron chi connectivity index (χ1n) is 7.21. The first-order chi connectivity index (χ1) is 9.68. The molecule has 2 atom stereocenters. The molecule has 0 aromatic carbocycles. The molecular weight excluding hydrogens is 276 g/mol. The van der Waals surface area contributed by atoms with E-state index in [0.717, 1.165) is 18.9 Å². The number of ether oxygens (including phenoxy) is 1. The third-order valence-electron chi connectivity index (χ3n) is 4.93. The van der Waals surface area contributed by atoms with Crippen molar-refractivity contribution in [1.29, 1.82) is 0 Å². The number of pyridine rings is 1. The monoisotopic (exact) mass is 294 g/mol. The minimum absolute atomic E-state index is 0.142. The average Bonchev–Trinajstić information content (AvgIpc) is 2.77. The zero-order chi connectivity index (χ0) is 13.7. The van der Waals surface area contributed by atoms with Crippen molar-refractivity contribution >= 4 is 17.4 Å². The van der Waals surface area contributed by atoms with Gasteiger partial charge in [-0.05, 0) is 44.0 Å². The fourth-order valence-electron chi connectivity index (χ4n) is 3.94. The van der Waals surface area contributed by atoms with Gasteiger partial charge in [0.1, 0.15) is 11.4 Å². The van der Waals surface area contributed by atoms with Crippen LogP contribution in [0, 0.1) is 5.92 Å². The number of nitrogens with two attached hydrogens (primary N) is 1. The Morgan fingerprint density at radius 2 is 2.15 bits per heavy atom. The molecule has 2 bridgehead atoms. The molecule has 1 aromatic rings. The summed E-state index contributed by atoms with van der Waals surface area (Å²) < 4.78 is 6.21. The van der Waals surface area contributed by atoms with Gasteiger partial charge in [0, 0.05) is 12.7 Å². The molecule has 1 aromatic heterocycles. The lowest BCUT2D eigenvalue weighted by molar-refractivity contribution is -0.137. The maximum absolute atomic E-state index is 6.25. The second kappa shape index (κ2) is 4.56. The Labute approximate surface area is 123 Å². The van der Waals surface area contributed by atoms with Gasteiger partial charge in [-0.15, -0.1) is 0 Å². The van der Waals surface area contributed by atoms with Crippen molar-refractivity contribution in [1.82, 2.24) is 9.88 Å². The normalized spacial score (nSPS) is 39.7. The molecule has 5 heterocycles. The van der Waals surface area contributed by atoms with Crippen LogP contribution in [-0.2, 0) is 4.74 Å². The van der Waals surface area contributed by atoms with Crippen LogP contribution in [0.5, 0.6) is 0 Å². The van der Waals surface area contributed by atoms with Crippen molar-refractivity contribution in [3.8, 4) is 0 Å². The van der Waals surface area contributed by atoms with Gasteiger partial charge in [0.2, 0.25) is 0 Å². The Kier molecular flexibility index (Phi) is 2.93. The topological polar surface area (TPSA) is 54.6 Å². The Morgan fingerprint density at radius 1 is 1.35 bits per heavy atom. The van der Waals surface area contributed by atoms with E-state index in [1.165, 1.54) is 25.9 Å². The Hall–Kier alpha value is -0.880. The molecule has 0 radical (unpaired) electrons. The minimum Gasteiger partial charge on any atom is -0.335 e. The summed E-state index contributed by atoms with van der Waals surface area (Å²) in [5.41, 5.74) is 6.06. The van der Waals surface area contributed by atoms with Crippen LogP contribution in [-0.4, -0.2) is 48.0 Å². The van der Waals surface area contributed by atoms with Crippen LogP contribution >= 0.6 is 11.6 Å². The van der Waals surface area contributed by atoms with Crippen LogP contribution in [0.3, 0.4) is 0 Å². The molecule has 1 spiro atoms. The molecule has 0 aliphatic carbocycles. The number of aromatic nitrogens is 1. The first kappa shape index (κ1) is 12.8. The molecule has 4 fully saturated rings. The molecule has 20 heavy (non-hydrogen) atoms. The lowest BCUT2D eigenvalue weighted by atomic mass is 9.75. The minimum atomic E-state index is -0.456. The van der Waals surface area contributed by atoms with Gasteiger partial charge >= 0.3 is 0 Å². The zero-order valence-electron chi connectivity index (χ0n) is 11.3. The van der Waals surface area contributed by atoms with Crippen LogP contribution < -0.4 is 10.6 Å². The molecule has 2 N–H and O–H groups in total. The van der Waals surface area contributed by atoms with Crippen LogP contribution in [0.4, 0.5) is 5.82 Å². The molecular formula is C14H19ClN4O. The molecule has 5 rings (SSSR count). The Balaban J connectivity index is 1.64. The summed E-state index contributed by atoms with van der Waals surface area (Å²) in [6, 6.07) is 3.68. The smallest absolute Gasteiger partial charge is 0.186 e. The standard InChI is InChI=1S/C14H19ClN4O/c15-11-2-1-5-17-12(11)19-9-14(20-13(19)16)8-18-6-3-10(14)4-7-18/h1-2,5,10,13H,3-4,6-9,16H2. The third-order valence-corrected chi connectivity index (χ3v) is 5.23. The van der Waals surface area contributed by atoms with Gasteiger partial charge in [-0.1, -0.05) is 11.6 Å². The summed E-state index contributed by atoms with van der Waals surface area (Å²) in [6.07, 6.45) is 3.70. The molecule has 6 heteroatoms. The molecule has 0 amide bonds. The summed E-state index contributed by atoms with van der Waals surface area (Å²) in [4.78, 5) is 8.86. The van der Waals surface area contributed by atoms with E-state index in [9.17, 15) is 0 Å².